The lowest BCUT2D eigenvalue weighted by Gasteiger charge is -2.10. The van der Waals surface area contributed by atoms with Gasteiger partial charge in [0, 0.05) is 0 Å². The summed E-state index contributed by atoms with van der Waals surface area (Å²) in [4.78, 5) is 0. The van der Waals surface area contributed by atoms with Crippen molar-refractivity contribution in [1.82, 2.24) is 0 Å². The van der Waals surface area contributed by atoms with Gasteiger partial charge in [0.05, 0.1) is 32.0 Å². The summed E-state index contributed by atoms with van der Waals surface area (Å²) in [5.74, 6) is 0. The molecule has 0 radical (unpaired) electrons. The summed E-state index contributed by atoms with van der Waals surface area (Å²) < 4.78 is 0. The zero-order valence-corrected chi connectivity index (χ0v) is 11.3. The molecule has 2 aromatic carbocycles. The number of anilines is 2. The van der Waals surface area contributed by atoms with E-state index in [1.807, 2.05) is 6.07 Å². The summed E-state index contributed by atoms with van der Waals surface area (Å²) in [6.45, 7) is 0. The predicted molar refractivity (Wildman–Crippen MR) is 75.9 cm³/mol. The highest BCUT2D eigenvalue weighted by atomic mass is 35.5. The quantitative estimate of drug-likeness (QED) is 0.767. The molecule has 0 fully saturated rings. The predicted octanol–water partition coefficient (Wildman–Crippen LogP) is 5.26. The standard InChI is InChI=1S/C13H7Cl3N2/c14-9-5-11(16)13(6-10(9)15)18-12-4-2-1-3-8(12)7-17/h1-6,18H. The number of nitrogens with zero attached hydrogens (tertiary/aromatic N) is 1. The molecule has 0 heterocycles. The molecule has 0 bridgehead atoms. The van der Waals surface area contributed by atoms with E-state index in [4.69, 9.17) is 40.1 Å². The van der Waals surface area contributed by atoms with Crippen LogP contribution in [0.25, 0.3) is 0 Å². The number of hydrogen-bond acceptors (Lipinski definition) is 2. The Bertz CT molecular complexity index is 633. The normalized spacial score (nSPS) is 9.89. The van der Waals surface area contributed by atoms with Gasteiger partial charge >= 0.3 is 0 Å². The number of nitrogens with one attached hydrogen (secondary N) is 1. The molecule has 0 atom stereocenters. The first-order valence-electron chi connectivity index (χ1n) is 5.02. The molecule has 90 valence electrons. The summed E-state index contributed by atoms with van der Waals surface area (Å²) >= 11 is 17.8. The number of halogens is 3. The molecule has 18 heavy (non-hydrogen) atoms. The molecule has 0 aliphatic heterocycles. The minimum absolute atomic E-state index is 0.390. The van der Waals surface area contributed by atoms with Gasteiger partial charge in [0.2, 0.25) is 0 Å². The van der Waals surface area contributed by atoms with Crippen LogP contribution in [0.4, 0.5) is 11.4 Å². The smallest absolute Gasteiger partial charge is 0.101 e. The molecule has 0 aliphatic carbocycles. The zero-order chi connectivity index (χ0) is 13.1. The number of benzene rings is 2. The number of hydrogen-bond donors (Lipinski definition) is 1. The van der Waals surface area contributed by atoms with Crippen LogP contribution in [-0.2, 0) is 0 Å². The van der Waals surface area contributed by atoms with Crippen LogP contribution >= 0.6 is 34.8 Å². The Hall–Kier alpha value is -1.40. The van der Waals surface area contributed by atoms with Gasteiger partial charge < -0.3 is 5.32 Å². The van der Waals surface area contributed by atoms with E-state index in [0.717, 1.165) is 0 Å². The van der Waals surface area contributed by atoms with Crippen molar-refractivity contribution in [2.75, 3.05) is 5.32 Å². The monoisotopic (exact) mass is 296 g/mol. The first-order valence-corrected chi connectivity index (χ1v) is 6.16. The highest BCUT2D eigenvalue weighted by Gasteiger charge is 2.08. The van der Waals surface area contributed by atoms with Crippen LogP contribution in [0.3, 0.4) is 0 Å². The fourth-order valence-electron chi connectivity index (χ4n) is 1.45. The SMILES string of the molecule is N#Cc1ccccc1Nc1cc(Cl)c(Cl)cc1Cl. The van der Waals surface area contributed by atoms with E-state index in [1.54, 1.807) is 30.3 Å². The third-order valence-electron chi connectivity index (χ3n) is 2.33. The molecular weight excluding hydrogens is 291 g/mol. The molecule has 0 saturated heterocycles. The number of para-hydroxylation sites is 1. The van der Waals surface area contributed by atoms with Crippen LogP contribution in [-0.4, -0.2) is 0 Å². The Morgan fingerprint density at radius 2 is 1.56 bits per heavy atom. The molecule has 0 aromatic heterocycles. The second kappa shape index (κ2) is 5.49. The van der Waals surface area contributed by atoms with E-state index in [0.29, 0.717) is 32.0 Å². The van der Waals surface area contributed by atoms with Gasteiger partial charge in [-0.05, 0) is 24.3 Å². The Morgan fingerprint density at radius 1 is 0.889 bits per heavy atom. The van der Waals surface area contributed by atoms with Crippen molar-refractivity contribution in [3.05, 3.63) is 57.0 Å². The maximum absolute atomic E-state index is 8.99. The molecule has 2 rings (SSSR count). The molecule has 5 heteroatoms. The molecule has 2 aromatic rings. The fourth-order valence-corrected chi connectivity index (χ4v) is 2.05. The summed E-state index contributed by atoms with van der Waals surface area (Å²) in [5.41, 5.74) is 1.80. The molecular formula is C13H7Cl3N2. The van der Waals surface area contributed by atoms with Gasteiger partial charge in [-0.25, -0.2) is 0 Å². The molecule has 0 unspecified atom stereocenters. The molecule has 0 spiro atoms. The lowest BCUT2D eigenvalue weighted by molar-refractivity contribution is 1.46. The van der Waals surface area contributed by atoms with Gasteiger partial charge in [-0.2, -0.15) is 5.26 Å². The molecule has 1 N–H and O–H groups in total. The lowest BCUT2D eigenvalue weighted by Crippen LogP contribution is -1.94. The summed E-state index contributed by atoms with van der Waals surface area (Å²) in [6.07, 6.45) is 0. The van der Waals surface area contributed by atoms with Crippen LogP contribution in [0.2, 0.25) is 15.1 Å². The Morgan fingerprint density at radius 3 is 2.28 bits per heavy atom. The summed E-state index contributed by atoms with van der Waals surface area (Å²) in [7, 11) is 0. The maximum atomic E-state index is 8.99. The van der Waals surface area contributed by atoms with Crippen LogP contribution in [0.1, 0.15) is 5.56 Å². The van der Waals surface area contributed by atoms with Gasteiger partial charge in [0.1, 0.15) is 6.07 Å². The van der Waals surface area contributed by atoms with Crippen molar-refractivity contribution in [2.45, 2.75) is 0 Å². The van der Waals surface area contributed by atoms with Gasteiger partial charge in [0.15, 0.2) is 0 Å². The van der Waals surface area contributed by atoms with E-state index in [9.17, 15) is 0 Å². The number of rotatable bonds is 2. The van der Waals surface area contributed by atoms with Crippen molar-refractivity contribution in [3.8, 4) is 6.07 Å². The van der Waals surface area contributed by atoms with Gasteiger partial charge in [0.25, 0.3) is 0 Å². The summed E-state index contributed by atoms with van der Waals surface area (Å²) in [6, 6.07) is 12.4. The van der Waals surface area contributed by atoms with Crippen molar-refractivity contribution in [1.29, 1.82) is 5.26 Å². The van der Waals surface area contributed by atoms with Crippen molar-refractivity contribution in [2.24, 2.45) is 0 Å². The molecule has 0 amide bonds. The Balaban J connectivity index is 2.41. The third-order valence-corrected chi connectivity index (χ3v) is 3.36. The molecule has 2 nitrogen and oxygen atoms in total. The van der Waals surface area contributed by atoms with E-state index in [2.05, 4.69) is 11.4 Å². The highest BCUT2D eigenvalue weighted by Crippen LogP contribution is 2.34. The van der Waals surface area contributed by atoms with E-state index in [-0.39, 0.29) is 0 Å². The Kier molecular flexibility index (Phi) is 3.98. The van der Waals surface area contributed by atoms with E-state index < -0.39 is 0 Å². The van der Waals surface area contributed by atoms with Gasteiger partial charge in [-0.1, -0.05) is 46.9 Å². The van der Waals surface area contributed by atoms with Crippen molar-refractivity contribution < 1.29 is 0 Å². The average Bonchev–Trinajstić information content (AvgIpc) is 2.36. The second-order valence-electron chi connectivity index (χ2n) is 3.53. The first-order chi connectivity index (χ1) is 8.61. The minimum Gasteiger partial charge on any atom is -0.353 e. The van der Waals surface area contributed by atoms with E-state index >= 15 is 0 Å². The third kappa shape index (κ3) is 2.70. The lowest BCUT2D eigenvalue weighted by atomic mass is 10.2. The largest absolute Gasteiger partial charge is 0.353 e. The van der Waals surface area contributed by atoms with Crippen LogP contribution in [0.15, 0.2) is 36.4 Å². The molecule has 0 saturated carbocycles. The average molecular weight is 298 g/mol. The Labute approximate surface area is 120 Å². The van der Waals surface area contributed by atoms with Crippen LogP contribution in [0, 0.1) is 11.3 Å². The van der Waals surface area contributed by atoms with Gasteiger partial charge in [-0.3, -0.25) is 0 Å². The minimum atomic E-state index is 0.390. The molecule has 0 aliphatic rings. The van der Waals surface area contributed by atoms with Crippen molar-refractivity contribution in [3.63, 3.8) is 0 Å². The first kappa shape index (κ1) is 13.0. The van der Waals surface area contributed by atoms with Crippen LogP contribution in [0.5, 0.6) is 0 Å². The highest BCUT2D eigenvalue weighted by molar-refractivity contribution is 6.44. The van der Waals surface area contributed by atoms with Crippen molar-refractivity contribution >= 4 is 46.2 Å². The number of nitriles is 1. The summed E-state index contributed by atoms with van der Waals surface area (Å²) in [5, 5.41) is 13.3. The van der Waals surface area contributed by atoms with Gasteiger partial charge in [-0.15, -0.1) is 0 Å². The topological polar surface area (TPSA) is 35.8 Å². The van der Waals surface area contributed by atoms with Crippen LogP contribution < -0.4 is 5.32 Å². The second-order valence-corrected chi connectivity index (χ2v) is 4.75. The fraction of sp³-hybridized carbons (Fsp3) is 0. The maximum Gasteiger partial charge on any atom is 0.101 e. The van der Waals surface area contributed by atoms with E-state index in [1.165, 1.54) is 0 Å². The zero-order valence-electron chi connectivity index (χ0n) is 9.05.